The fraction of sp³-hybridized carbons (Fsp3) is 0.375. The maximum atomic E-state index is 5.66. The van der Waals surface area contributed by atoms with Crippen LogP contribution >= 0.6 is 0 Å². The van der Waals surface area contributed by atoms with Crippen LogP contribution in [0.5, 0.6) is 0 Å². The van der Waals surface area contributed by atoms with E-state index in [-0.39, 0.29) is 0 Å². The van der Waals surface area contributed by atoms with Gasteiger partial charge >= 0.3 is 6.01 Å². The number of hydrogen-bond donors (Lipinski definition) is 1. The second-order valence-electron chi connectivity index (χ2n) is 5.60. The van der Waals surface area contributed by atoms with Gasteiger partial charge in [0, 0.05) is 44.0 Å². The second kappa shape index (κ2) is 6.20. The summed E-state index contributed by atoms with van der Waals surface area (Å²) >= 11 is 0. The standard InChI is InChI=1S/C16H18N6O/c1-3-8-17-12(5-1)7-9-18-16-21-20-15(23-16)13-11-22-10-4-2-6-14(22)19-13/h1,3,5,8,11H,2,4,6-7,9-10H2,(H,18,21). The number of imidazole rings is 1. The Labute approximate surface area is 133 Å². The summed E-state index contributed by atoms with van der Waals surface area (Å²) in [4.78, 5) is 8.87. The molecule has 4 heterocycles. The SMILES string of the molecule is c1ccc(CCNc2nnc(-c3cn4c(n3)CCCC4)o2)nc1. The lowest BCUT2D eigenvalue weighted by Gasteiger charge is -2.11. The zero-order valence-electron chi connectivity index (χ0n) is 12.8. The summed E-state index contributed by atoms with van der Waals surface area (Å²) in [6, 6.07) is 6.30. The third kappa shape index (κ3) is 3.08. The van der Waals surface area contributed by atoms with Crippen molar-refractivity contribution in [3.63, 3.8) is 0 Å². The van der Waals surface area contributed by atoms with Crippen molar-refractivity contribution in [2.45, 2.75) is 32.2 Å². The number of hydrogen-bond acceptors (Lipinski definition) is 6. The van der Waals surface area contributed by atoms with Gasteiger partial charge in [0.2, 0.25) is 0 Å². The van der Waals surface area contributed by atoms with Crippen molar-refractivity contribution in [1.82, 2.24) is 24.7 Å². The lowest BCUT2D eigenvalue weighted by molar-refractivity contribution is 0.522. The van der Waals surface area contributed by atoms with Crippen molar-refractivity contribution in [2.24, 2.45) is 0 Å². The van der Waals surface area contributed by atoms with Crippen LogP contribution in [0.4, 0.5) is 6.01 Å². The van der Waals surface area contributed by atoms with Crippen LogP contribution in [0.3, 0.4) is 0 Å². The minimum atomic E-state index is 0.418. The monoisotopic (exact) mass is 310 g/mol. The van der Waals surface area contributed by atoms with Crippen molar-refractivity contribution >= 4 is 6.01 Å². The lowest BCUT2D eigenvalue weighted by atomic mass is 10.2. The lowest BCUT2D eigenvalue weighted by Crippen LogP contribution is -2.08. The number of aryl methyl sites for hydroxylation is 2. The Morgan fingerprint density at radius 1 is 1.22 bits per heavy atom. The fourth-order valence-corrected chi connectivity index (χ4v) is 2.76. The Bertz CT molecular complexity index is 755. The second-order valence-corrected chi connectivity index (χ2v) is 5.60. The molecule has 23 heavy (non-hydrogen) atoms. The van der Waals surface area contributed by atoms with Gasteiger partial charge in [-0.15, -0.1) is 5.10 Å². The van der Waals surface area contributed by atoms with Crippen LogP contribution in [0, 0.1) is 0 Å². The van der Waals surface area contributed by atoms with E-state index in [1.54, 1.807) is 6.20 Å². The molecule has 3 aromatic rings. The molecular formula is C16H18N6O. The minimum Gasteiger partial charge on any atom is -0.402 e. The van der Waals surface area contributed by atoms with Gasteiger partial charge in [0.05, 0.1) is 0 Å². The fourth-order valence-electron chi connectivity index (χ4n) is 2.76. The molecule has 1 aliphatic heterocycles. The minimum absolute atomic E-state index is 0.418. The molecule has 0 aromatic carbocycles. The molecule has 0 saturated heterocycles. The van der Waals surface area contributed by atoms with Crippen LogP contribution in [0.2, 0.25) is 0 Å². The molecule has 118 valence electrons. The Balaban J connectivity index is 1.39. The number of pyridine rings is 1. The summed E-state index contributed by atoms with van der Waals surface area (Å²) in [6.07, 6.45) is 8.01. The normalized spacial score (nSPS) is 13.7. The summed E-state index contributed by atoms with van der Waals surface area (Å²) in [5.41, 5.74) is 1.79. The van der Waals surface area contributed by atoms with E-state index in [1.807, 2.05) is 24.4 Å². The van der Waals surface area contributed by atoms with Crippen LogP contribution in [0.15, 0.2) is 35.0 Å². The Kier molecular flexibility index (Phi) is 3.75. The molecule has 3 aromatic heterocycles. The highest BCUT2D eigenvalue weighted by atomic mass is 16.4. The van der Waals surface area contributed by atoms with Gasteiger partial charge in [-0.3, -0.25) is 4.98 Å². The van der Waals surface area contributed by atoms with Gasteiger partial charge in [0.1, 0.15) is 11.5 Å². The first kappa shape index (κ1) is 13.9. The molecule has 0 spiro atoms. The summed E-state index contributed by atoms with van der Waals surface area (Å²) in [5.74, 6) is 1.57. The topological polar surface area (TPSA) is 81.7 Å². The molecule has 0 saturated carbocycles. The van der Waals surface area contributed by atoms with Gasteiger partial charge in [0.15, 0.2) is 0 Å². The Morgan fingerprint density at radius 3 is 3.09 bits per heavy atom. The smallest absolute Gasteiger partial charge is 0.315 e. The number of nitrogens with one attached hydrogen (secondary N) is 1. The van der Waals surface area contributed by atoms with Crippen LogP contribution in [-0.4, -0.2) is 31.3 Å². The molecule has 7 heteroatoms. The molecule has 0 fully saturated rings. The Morgan fingerprint density at radius 2 is 2.22 bits per heavy atom. The number of rotatable bonds is 5. The predicted molar refractivity (Wildman–Crippen MR) is 84.9 cm³/mol. The van der Waals surface area contributed by atoms with Gasteiger partial charge < -0.3 is 14.3 Å². The highest BCUT2D eigenvalue weighted by molar-refractivity contribution is 5.46. The maximum absolute atomic E-state index is 5.66. The molecular weight excluding hydrogens is 292 g/mol. The average molecular weight is 310 g/mol. The average Bonchev–Trinajstić information content (AvgIpc) is 3.22. The first-order valence-corrected chi connectivity index (χ1v) is 7.92. The molecule has 0 aliphatic carbocycles. The van der Waals surface area contributed by atoms with Crippen LogP contribution in [0.25, 0.3) is 11.6 Å². The van der Waals surface area contributed by atoms with E-state index in [0.29, 0.717) is 18.5 Å². The zero-order chi connectivity index (χ0) is 15.5. The molecule has 1 aliphatic rings. The number of aromatic nitrogens is 5. The highest BCUT2D eigenvalue weighted by Crippen LogP contribution is 2.22. The van der Waals surface area contributed by atoms with Crippen LogP contribution < -0.4 is 5.32 Å². The molecule has 0 unspecified atom stereocenters. The van der Waals surface area contributed by atoms with E-state index < -0.39 is 0 Å². The summed E-state index contributed by atoms with van der Waals surface area (Å²) in [5, 5.41) is 11.2. The van der Waals surface area contributed by atoms with Crippen molar-refractivity contribution in [3.05, 3.63) is 42.1 Å². The zero-order valence-corrected chi connectivity index (χ0v) is 12.8. The molecule has 0 radical (unpaired) electrons. The van der Waals surface area contributed by atoms with E-state index in [9.17, 15) is 0 Å². The summed E-state index contributed by atoms with van der Waals surface area (Å²) in [6.45, 7) is 1.71. The quantitative estimate of drug-likeness (QED) is 0.779. The molecule has 4 rings (SSSR count). The van der Waals surface area contributed by atoms with E-state index in [4.69, 9.17) is 4.42 Å². The summed E-state index contributed by atoms with van der Waals surface area (Å²) < 4.78 is 7.83. The molecule has 0 bridgehead atoms. The molecule has 0 atom stereocenters. The van der Waals surface area contributed by atoms with Crippen molar-refractivity contribution in [1.29, 1.82) is 0 Å². The van der Waals surface area contributed by atoms with Crippen LogP contribution in [0.1, 0.15) is 24.4 Å². The maximum Gasteiger partial charge on any atom is 0.315 e. The number of fused-ring (bicyclic) bond motifs is 1. The largest absolute Gasteiger partial charge is 0.402 e. The summed E-state index contributed by atoms with van der Waals surface area (Å²) in [7, 11) is 0. The van der Waals surface area contributed by atoms with Gasteiger partial charge in [-0.25, -0.2) is 4.98 Å². The molecule has 1 N–H and O–H groups in total. The first-order valence-electron chi connectivity index (χ1n) is 7.92. The van der Waals surface area contributed by atoms with Gasteiger partial charge in [0.25, 0.3) is 5.89 Å². The Hall–Kier alpha value is -2.70. The van der Waals surface area contributed by atoms with E-state index in [1.165, 1.54) is 12.8 Å². The van der Waals surface area contributed by atoms with Crippen LogP contribution in [-0.2, 0) is 19.4 Å². The van der Waals surface area contributed by atoms with Gasteiger partial charge in [-0.05, 0) is 25.0 Å². The van der Waals surface area contributed by atoms with Gasteiger partial charge in [-0.1, -0.05) is 11.2 Å². The van der Waals surface area contributed by atoms with E-state index in [0.717, 1.165) is 36.6 Å². The van der Waals surface area contributed by atoms with Crippen molar-refractivity contribution in [3.8, 4) is 11.6 Å². The van der Waals surface area contributed by atoms with E-state index in [2.05, 4.69) is 30.0 Å². The predicted octanol–water partition coefficient (Wildman–Crippen LogP) is 2.32. The highest BCUT2D eigenvalue weighted by Gasteiger charge is 2.17. The number of anilines is 1. The van der Waals surface area contributed by atoms with Crippen molar-refractivity contribution in [2.75, 3.05) is 11.9 Å². The van der Waals surface area contributed by atoms with Crippen molar-refractivity contribution < 1.29 is 4.42 Å². The first-order chi connectivity index (χ1) is 11.4. The molecule has 0 amide bonds. The molecule has 7 nitrogen and oxygen atoms in total. The number of nitrogens with zero attached hydrogens (tertiary/aromatic N) is 5. The van der Waals surface area contributed by atoms with Gasteiger partial charge in [-0.2, -0.15) is 0 Å². The third-order valence-electron chi connectivity index (χ3n) is 3.94. The third-order valence-corrected chi connectivity index (χ3v) is 3.94. The van der Waals surface area contributed by atoms with E-state index >= 15 is 0 Å².